The Balaban J connectivity index is 2.30. The summed E-state index contributed by atoms with van der Waals surface area (Å²) < 4.78 is 51.5. The van der Waals surface area contributed by atoms with Gasteiger partial charge < -0.3 is 0 Å². The molecule has 0 aliphatic carbocycles. The number of hydrogen-bond acceptors (Lipinski definition) is 8. The molecule has 1 aromatic heterocycles. The smallest absolute Gasteiger partial charge is 0.275 e. The van der Waals surface area contributed by atoms with Gasteiger partial charge in [-0.15, -0.1) is 0 Å². The number of aryl methyl sites for hydroxylation is 2. The number of rotatable bonds is 6. The van der Waals surface area contributed by atoms with Gasteiger partial charge in [0.2, 0.25) is 5.95 Å². The zero-order chi connectivity index (χ0) is 20.2. The van der Waals surface area contributed by atoms with E-state index < -0.39 is 30.8 Å². The first-order chi connectivity index (χ1) is 12.5. The van der Waals surface area contributed by atoms with E-state index >= 15 is 0 Å². The van der Waals surface area contributed by atoms with Crippen LogP contribution in [0, 0.1) is 13.8 Å². The van der Waals surface area contributed by atoms with E-state index in [1.54, 1.807) is 25.5 Å². The van der Waals surface area contributed by atoms with Crippen molar-refractivity contribution in [3.8, 4) is 0 Å². The van der Waals surface area contributed by atoms with Gasteiger partial charge in [-0.3, -0.25) is 5.32 Å². The van der Waals surface area contributed by atoms with Crippen molar-refractivity contribution >= 4 is 31.8 Å². The number of carbonyl (C=O) groups excluding carboxylic acids is 1. The van der Waals surface area contributed by atoms with Gasteiger partial charge in [-0.05, 0) is 32.4 Å². The number of hydrogen-bond donors (Lipinski definition) is 2. The lowest BCUT2D eigenvalue weighted by atomic mass is 10.4. The molecule has 27 heavy (non-hydrogen) atoms. The number of aromatic nitrogens is 3. The minimum absolute atomic E-state index is 0.125. The number of sulfone groups is 1. The van der Waals surface area contributed by atoms with Crippen molar-refractivity contribution in [1.29, 1.82) is 0 Å². The predicted octanol–water partition coefficient (Wildman–Crippen LogP) is 1.18. The lowest BCUT2D eigenvalue weighted by Gasteiger charge is -2.12. The third kappa shape index (κ3) is 5.20. The van der Waals surface area contributed by atoms with Crippen molar-refractivity contribution < 1.29 is 21.6 Å². The molecule has 2 aromatic rings. The van der Waals surface area contributed by atoms with Crippen LogP contribution in [0.15, 0.2) is 34.1 Å². The predicted molar refractivity (Wildman–Crippen MR) is 97.4 cm³/mol. The van der Waals surface area contributed by atoms with E-state index in [1.807, 2.05) is 0 Å². The first-order valence-electron chi connectivity index (χ1n) is 7.90. The van der Waals surface area contributed by atoms with Gasteiger partial charge in [0.15, 0.2) is 9.84 Å². The maximum absolute atomic E-state index is 12.5. The fourth-order valence-electron chi connectivity index (χ4n) is 2.28. The van der Waals surface area contributed by atoms with Crippen LogP contribution < -0.4 is 10.0 Å². The second kappa shape index (κ2) is 7.96. The fourth-order valence-corrected chi connectivity index (χ4v) is 5.41. The Morgan fingerprint density at radius 1 is 0.963 bits per heavy atom. The normalized spacial score (nSPS) is 11.8. The molecule has 2 N–H and O–H groups in total. The molecule has 2 rings (SSSR count). The van der Waals surface area contributed by atoms with Gasteiger partial charge in [0.1, 0.15) is 16.5 Å². The fraction of sp³-hybridized carbons (Fsp3) is 0.333. The Morgan fingerprint density at radius 3 is 2.07 bits per heavy atom. The second-order valence-corrected chi connectivity index (χ2v) is 9.31. The van der Waals surface area contributed by atoms with E-state index in [1.165, 1.54) is 18.2 Å². The first-order valence-corrected chi connectivity index (χ1v) is 11.0. The molecule has 10 nitrogen and oxygen atoms in total. The molecule has 0 spiro atoms. The maximum Gasteiger partial charge on any atom is 0.335 e. The highest BCUT2D eigenvalue weighted by Gasteiger charge is 2.27. The van der Waals surface area contributed by atoms with Crippen molar-refractivity contribution in [3.63, 3.8) is 0 Å². The zero-order valence-corrected chi connectivity index (χ0v) is 16.6. The standard InChI is InChI=1S/C15H19N5O5S2/c1-4-9-26(22,23)12-7-5-6-8-13(12)27(24,25)20-15(21)19-14-17-10(2)16-11(3)18-14/h5-8H,4,9H2,1-3H3,(H2,16,17,18,19,20,21). The summed E-state index contributed by atoms with van der Waals surface area (Å²) in [5.41, 5.74) is 0. The largest absolute Gasteiger partial charge is 0.335 e. The molecule has 1 aromatic carbocycles. The minimum Gasteiger partial charge on any atom is -0.275 e. The number of anilines is 1. The average Bonchev–Trinajstić information content (AvgIpc) is 2.53. The van der Waals surface area contributed by atoms with E-state index in [9.17, 15) is 21.6 Å². The third-order valence-corrected chi connectivity index (χ3v) is 6.75. The molecule has 146 valence electrons. The lowest BCUT2D eigenvalue weighted by Crippen LogP contribution is -2.35. The lowest BCUT2D eigenvalue weighted by molar-refractivity contribution is 0.256. The molecule has 0 radical (unpaired) electrons. The average molecular weight is 413 g/mol. The monoisotopic (exact) mass is 413 g/mol. The third-order valence-electron chi connectivity index (χ3n) is 3.26. The van der Waals surface area contributed by atoms with E-state index in [0.29, 0.717) is 18.1 Å². The van der Waals surface area contributed by atoms with Gasteiger partial charge in [0, 0.05) is 0 Å². The van der Waals surface area contributed by atoms with Crippen molar-refractivity contribution in [2.24, 2.45) is 0 Å². The molecular weight excluding hydrogens is 394 g/mol. The van der Waals surface area contributed by atoms with Crippen LogP contribution in [0.25, 0.3) is 0 Å². The van der Waals surface area contributed by atoms with Crippen molar-refractivity contribution in [1.82, 2.24) is 19.7 Å². The van der Waals surface area contributed by atoms with Crippen LogP contribution in [0.3, 0.4) is 0 Å². The Kier molecular flexibility index (Phi) is 6.11. The zero-order valence-electron chi connectivity index (χ0n) is 14.9. The second-order valence-electron chi connectivity index (χ2n) is 5.58. The highest BCUT2D eigenvalue weighted by atomic mass is 32.2. The maximum atomic E-state index is 12.5. The summed E-state index contributed by atoms with van der Waals surface area (Å²) >= 11 is 0. The van der Waals surface area contributed by atoms with Crippen LogP contribution in [-0.2, 0) is 19.9 Å². The number of nitrogens with one attached hydrogen (secondary N) is 2. The Hall–Kier alpha value is -2.60. The summed E-state index contributed by atoms with van der Waals surface area (Å²) in [6, 6.07) is 3.97. The van der Waals surface area contributed by atoms with Gasteiger partial charge >= 0.3 is 6.03 Å². The summed E-state index contributed by atoms with van der Waals surface area (Å²) in [4.78, 5) is 22.9. The number of benzene rings is 1. The Bertz CT molecular complexity index is 1050. The van der Waals surface area contributed by atoms with Crippen molar-refractivity contribution in [2.75, 3.05) is 11.1 Å². The summed E-state index contributed by atoms with van der Waals surface area (Å²) in [6.07, 6.45) is 0.322. The SMILES string of the molecule is CCCS(=O)(=O)c1ccccc1S(=O)(=O)NC(=O)Nc1nc(C)nc(C)n1. The van der Waals surface area contributed by atoms with Crippen LogP contribution in [0.2, 0.25) is 0 Å². The van der Waals surface area contributed by atoms with Gasteiger partial charge in [0.25, 0.3) is 10.0 Å². The van der Waals surface area contributed by atoms with Crippen LogP contribution in [-0.4, -0.2) is 43.6 Å². The number of nitrogens with zero attached hydrogens (tertiary/aromatic N) is 3. The number of carbonyl (C=O) groups is 1. The summed E-state index contributed by atoms with van der Waals surface area (Å²) in [5, 5.41) is 2.19. The molecular formula is C15H19N5O5S2. The van der Waals surface area contributed by atoms with Crippen molar-refractivity contribution in [3.05, 3.63) is 35.9 Å². The molecule has 0 saturated heterocycles. The van der Waals surface area contributed by atoms with Crippen LogP contribution >= 0.6 is 0 Å². The molecule has 0 fully saturated rings. The van der Waals surface area contributed by atoms with Crippen LogP contribution in [0.4, 0.5) is 10.7 Å². The van der Waals surface area contributed by atoms with Crippen LogP contribution in [0.5, 0.6) is 0 Å². The highest BCUT2D eigenvalue weighted by molar-refractivity contribution is 7.94. The molecule has 12 heteroatoms. The molecule has 0 aliphatic heterocycles. The van der Waals surface area contributed by atoms with Crippen LogP contribution in [0.1, 0.15) is 25.0 Å². The van der Waals surface area contributed by atoms with Gasteiger partial charge in [-0.25, -0.2) is 31.3 Å². The minimum atomic E-state index is -4.44. The Labute approximate surface area is 157 Å². The van der Waals surface area contributed by atoms with Gasteiger partial charge in [-0.2, -0.15) is 9.97 Å². The highest BCUT2D eigenvalue weighted by Crippen LogP contribution is 2.22. The molecule has 1 heterocycles. The first kappa shape index (κ1) is 20.7. The quantitative estimate of drug-likeness (QED) is 0.717. The van der Waals surface area contributed by atoms with E-state index in [0.717, 1.165) is 6.07 Å². The molecule has 2 amide bonds. The molecule has 0 unspecified atom stereocenters. The summed E-state index contributed by atoms with van der Waals surface area (Å²) in [5.74, 6) is 0.350. The number of amides is 2. The van der Waals surface area contributed by atoms with E-state index in [-0.39, 0.29) is 16.6 Å². The number of sulfonamides is 1. The van der Waals surface area contributed by atoms with Gasteiger partial charge in [-0.1, -0.05) is 19.1 Å². The molecule has 0 atom stereocenters. The molecule has 0 aliphatic rings. The van der Waals surface area contributed by atoms with Gasteiger partial charge in [0.05, 0.1) is 10.6 Å². The summed E-state index contributed by atoms with van der Waals surface area (Å²) in [7, 11) is -8.26. The van der Waals surface area contributed by atoms with E-state index in [4.69, 9.17) is 0 Å². The van der Waals surface area contributed by atoms with E-state index in [2.05, 4.69) is 20.3 Å². The van der Waals surface area contributed by atoms with Crippen molar-refractivity contribution in [2.45, 2.75) is 37.0 Å². The molecule has 0 bridgehead atoms. The Morgan fingerprint density at radius 2 is 1.52 bits per heavy atom. The summed E-state index contributed by atoms with van der Waals surface area (Å²) in [6.45, 7) is 4.84. The molecule has 0 saturated carbocycles. The topological polar surface area (TPSA) is 148 Å². The number of urea groups is 1.